The number of carboxylic acids is 1. The van der Waals surface area contributed by atoms with E-state index >= 15 is 0 Å². The molecule has 0 amide bonds. The average molecular weight is 356 g/mol. The van der Waals surface area contributed by atoms with E-state index < -0.39 is 11.4 Å². The highest BCUT2D eigenvalue weighted by Gasteiger charge is 2.39. The van der Waals surface area contributed by atoms with Crippen molar-refractivity contribution in [2.75, 3.05) is 13.2 Å². The molecule has 0 bridgehead atoms. The molecule has 1 aliphatic heterocycles. The standard InChI is InChI=1S/C16H22BrNO3/c17-14-7-4-6-13(18-14)5-2-1-3-8-16(15(19)20)9-11-21-12-10-16/h4,6-7H,1-3,5,8-12H2,(H,19,20). The van der Waals surface area contributed by atoms with Crippen molar-refractivity contribution in [3.8, 4) is 0 Å². The summed E-state index contributed by atoms with van der Waals surface area (Å²) in [7, 11) is 0. The summed E-state index contributed by atoms with van der Waals surface area (Å²) in [6.45, 7) is 1.16. The first-order valence-corrected chi connectivity index (χ1v) is 8.34. The van der Waals surface area contributed by atoms with Gasteiger partial charge in [0.1, 0.15) is 4.60 Å². The molecule has 1 fully saturated rings. The average Bonchev–Trinajstić information content (AvgIpc) is 2.48. The van der Waals surface area contributed by atoms with Crippen LogP contribution in [0.2, 0.25) is 0 Å². The molecule has 1 saturated heterocycles. The van der Waals surface area contributed by atoms with Crippen LogP contribution < -0.4 is 0 Å². The summed E-state index contributed by atoms with van der Waals surface area (Å²) in [4.78, 5) is 15.9. The van der Waals surface area contributed by atoms with Gasteiger partial charge in [0.15, 0.2) is 0 Å². The van der Waals surface area contributed by atoms with E-state index in [4.69, 9.17) is 4.74 Å². The zero-order valence-corrected chi connectivity index (χ0v) is 13.8. The van der Waals surface area contributed by atoms with Crippen molar-refractivity contribution in [1.29, 1.82) is 0 Å². The lowest BCUT2D eigenvalue weighted by Crippen LogP contribution is -2.37. The lowest BCUT2D eigenvalue weighted by atomic mass is 9.76. The second-order valence-corrected chi connectivity index (χ2v) is 6.52. The predicted octanol–water partition coefficient (Wildman–Crippen LogP) is 3.83. The Kier molecular flexibility index (Phi) is 6.18. The van der Waals surface area contributed by atoms with Crippen LogP contribution in [0.25, 0.3) is 0 Å². The third-order valence-corrected chi connectivity index (χ3v) is 4.71. The molecule has 1 aliphatic rings. The van der Waals surface area contributed by atoms with Crippen LogP contribution in [-0.2, 0) is 16.0 Å². The quantitative estimate of drug-likeness (QED) is 0.596. The van der Waals surface area contributed by atoms with Crippen LogP contribution in [0, 0.1) is 5.41 Å². The molecule has 4 nitrogen and oxygen atoms in total. The molecule has 2 heterocycles. The van der Waals surface area contributed by atoms with Gasteiger partial charge in [-0.3, -0.25) is 4.79 Å². The van der Waals surface area contributed by atoms with E-state index in [1.807, 2.05) is 18.2 Å². The Balaban J connectivity index is 1.72. The van der Waals surface area contributed by atoms with Gasteiger partial charge >= 0.3 is 5.97 Å². The van der Waals surface area contributed by atoms with Gasteiger partial charge in [0.05, 0.1) is 5.41 Å². The molecular formula is C16H22BrNO3. The fourth-order valence-corrected chi connectivity index (χ4v) is 3.25. The number of rotatable bonds is 7. The summed E-state index contributed by atoms with van der Waals surface area (Å²) >= 11 is 3.37. The number of aryl methyl sites for hydroxylation is 1. The number of pyridine rings is 1. The lowest BCUT2D eigenvalue weighted by Gasteiger charge is -2.33. The molecule has 1 N–H and O–H groups in total. The van der Waals surface area contributed by atoms with Gasteiger partial charge in [-0.05, 0) is 60.2 Å². The third-order valence-electron chi connectivity index (χ3n) is 4.26. The monoisotopic (exact) mass is 355 g/mol. The number of aliphatic carboxylic acids is 1. The molecule has 0 aliphatic carbocycles. The Bertz CT molecular complexity index is 472. The van der Waals surface area contributed by atoms with Gasteiger partial charge in [-0.1, -0.05) is 18.9 Å². The topological polar surface area (TPSA) is 59.4 Å². The molecule has 0 radical (unpaired) electrons. The Hall–Kier alpha value is -0.940. The third kappa shape index (κ3) is 4.78. The maximum atomic E-state index is 11.5. The maximum absolute atomic E-state index is 11.5. The van der Waals surface area contributed by atoms with Crippen LogP contribution >= 0.6 is 15.9 Å². The largest absolute Gasteiger partial charge is 0.481 e. The van der Waals surface area contributed by atoms with Crippen LogP contribution in [0.3, 0.4) is 0 Å². The number of carbonyl (C=O) groups is 1. The van der Waals surface area contributed by atoms with Crippen LogP contribution in [0.5, 0.6) is 0 Å². The van der Waals surface area contributed by atoms with Crippen molar-refractivity contribution in [3.63, 3.8) is 0 Å². The Morgan fingerprint density at radius 3 is 2.71 bits per heavy atom. The van der Waals surface area contributed by atoms with E-state index in [9.17, 15) is 9.90 Å². The molecule has 0 aromatic carbocycles. The summed E-state index contributed by atoms with van der Waals surface area (Å²) in [6.07, 6.45) is 6.06. The maximum Gasteiger partial charge on any atom is 0.309 e. The number of aromatic nitrogens is 1. The highest BCUT2D eigenvalue weighted by Crippen LogP contribution is 2.36. The number of hydrogen-bond acceptors (Lipinski definition) is 3. The summed E-state index contributed by atoms with van der Waals surface area (Å²) in [5.41, 5.74) is 0.537. The van der Waals surface area contributed by atoms with Gasteiger partial charge in [-0.15, -0.1) is 0 Å². The normalized spacial score (nSPS) is 17.6. The lowest BCUT2D eigenvalue weighted by molar-refractivity contribution is -0.155. The van der Waals surface area contributed by atoms with E-state index in [1.165, 1.54) is 0 Å². The first-order chi connectivity index (χ1) is 10.1. The molecule has 116 valence electrons. The van der Waals surface area contributed by atoms with Gasteiger partial charge in [-0.25, -0.2) is 4.98 Å². The molecule has 5 heteroatoms. The molecule has 0 atom stereocenters. The first-order valence-electron chi connectivity index (χ1n) is 7.55. The minimum atomic E-state index is -0.653. The molecule has 0 saturated carbocycles. The Morgan fingerprint density at radius 1 is 1.29 bits per heavy atom. The second-order valence-electron chi connectivity index (χ2n) is 5.71. The zero-order chi connectivity index (χ0) is 15.1. The van der Waals surface area contributed by atoms with Crippen LogP contribution in [0.1, 0.15) is 44.2 Å². The zero-order valence-electron chi connectivity index (χ0n) is 12.2. The van der Waals surface area contributed by atoms with Gasteiger partial charge in [0.2, 0.25) is 0 Å². The van der Waals surface area contributed by atoms with Crippen LogP contribution in [-0.4, -0.2) is 29.3 Å². The van der Waals surface area contributed by atoms with Crippen molar-refractivity contribution in [1.82, 2.24) is 4.98 Å². The van der Waals surface area contributed by atoms with E-state index in [0.717, 1.165) is 42.4 Å². The number of carboxylic acid groups (broad SMARTS) is 1. The summed E-state index contributed by atoms with van der Waals surface area (Å²) in [5, 5.41) is 9.48. The van der Waals surface area contributed by atoms with Crippen LogP contribution in [0.4, 0.5) is 0 Å². The Morgan fingerprint density at radius 2 is 2.05 bits per heavy atom. The fourth-order valence-electron chi connectivity index (χ4n) is 2.87. The minimum absolute atomic E-state index is 0.549. The smallest absolute Gasteiger partial charge is 0.309 e. The van der Waals surface area contributed by atoms with Crippen molar-refractivity contribution < 1.29 is 14.6 Å². The minimum Gasteiger partial charge on any atom is -0.481 e. The summed E-state index contributed by atoms with van der Waals surface area (Å²) in [6, 6.07) is 5.95. The summed E-state index contributed by atoms with van der Waals surface area (Å²) < 4.78 is 6.16. The predicted molar refractivity (Wildman–Crippen MR) is 84.2 cm³/mol. The van der Waals surface area contributed by atoms with Gasteiger partial charge in [0, 0.05) is 18.9 Å². The number of hydrogen-bond donors (Lipinski definition) is 1. The van der Waals surface area contributed by atoms with Gasteiger partial charge in [0.25, 0.3) is 0 Å². The van der Waals surface area contributed by atoms with Gasteiger partial charge < -0.3 is 9.84 Å². The van der Waals surface area contributed by atoms with Crippen LogP contribution in [0.15, 0.2) is 22.8 Å². The van der Waals surface area contributed by atoms with E-state index in [1.54, 1.807) is 0 Å². The molecular weight excluding hydrogens is 334 g/mol. The molecule has 1 aromatic rings. The Labute approximate surface area is 134 Å². The molecule has 1 aromatic heterocycles. The first kappa shape index (κ1) is 16.4. The second kappa shape index (κ2) is 7.90. The van der Waals surface area contributed by atoms with Crippen molar-refractivity contribution in [3.05, 3.63) is 28.5 Å². The molecule has 2 rings (SSSR count). The molecule has 21 heavy (non-hydrogen) atoms. The molecule has 0 spiro atoms. The number of ether oxygens (including phenoxy) is 1. The SMILES string of the molecule is O=C(O)C1(CCCCCc2cccc(Br)n2)CCOCC1. The highest BCUT2D eigenvalue weighted by molar-refractivity contribution is 9.10. The van der Waals surface area contributed by atoms with E-state index in [-0.39, 0.29) is 0 Å². The highest BCUT2D eigenvalue weighted by atomic mass is 79.9. The fraction of sp³-hybridized carbons (Fsp3) is 0.625. The van der Waals surface area contributed by atoms with Gasteiger partial charge in [-0.2, -0.15) is 0 Å². The summed E-state index contributed by atoms with van der Waals surface area (Å²) in [5.74, 6) is -0.653. The van der Waals surface area contributed by atoms with E-state index in [2.05, 4.69) is 20.9 Å². The number of unbranched alkanes of at least 4 members (excludes halogenated alkanes) is 2. The van der Waals surface area contributed by atoms with Crippen molar-refractivity contribution in [2.24, 2.45) is 5.41 Å². The number of halogens is 1. The van der Waals surface area contributed by atoms with Crippen molar-refractivity contribution >= 4 is 21.9 Å². The number of nitrogens with zero attached hydrogens (tertiary/aromatic N) is 1. The van der Waals surface area contributed by atoms with E-state index in [0.29, 0.717) is 26.1 Å². The molecule has 0 unspecified atom stereocenters. The van der Waals surface area contributed by atoms with Crippen molar-refractivity contribution in [2.45, 2.75) is 44.9 Å².